The van der Waals surface area contributed by atoms with Gasteiger partial charge in [-0.15, -0.1) is 0 Å². The molecule has 4 nitrogen and oxygen atoms in total. The molecule has 0 spiro atoms. The number of amidine groups is 1. The first-order chi connectivity index (χ1) is 10.3. The molecule has 108 valence electrons. The molecule has 21 heavy (non-hydrogen) atoms. The second-order valence-corrected chi connectivity index (χ2v) is 5.82. The Labute approximate surface area is 123 Å². The normalized spacial score (nSPS) is 18.4. The van der Waals surface area contributed by atoms with Gasteiger partial charge >= 0.3 is 0 Å². The van der Waals surface area contributed by atoms with Crippen molar-refractivity contribution in [3.8, 4) is 11.5 Å². The molecule has 2 aromatic rings. The number of anilines is 1. The molecule has 2 N–H and O–H groups in total. The molecule has 0 aromatic heterocycles. The van der Waals surface area contributed by atoms with Gasteiger partial charge in [0, 0.05) is 23.3 Å². The molecule has 0 amide bonds. The molecule has 0 atom stereocenters. The molecule has 0 aliphatic carbocycles. The number of phenols is 2. The summed E-state index contributed by atoms with van der Waals surface area (Å²) in [5, 5.41) is 22.4. The second kappa shape index (κ2) is 4.65. The molecule has 4 heteroatoms. The number of phenolic OH excluding ortho intramolecular Hbond substituents is 2. The van der Waals surface area contributed by atoms with E-state index < -0.39 is 0 Å². The number of rotatable bonds is 1. The zero-order valence-corrected chi connectivity index (χ0v) is 11.9. The Morgan fingerprint density at radius 2 is 1.76 bits per heavy atom. The highest BCUT2D eigenvalue weighted by atomic mass is 16.3. The fourth-order valence-corrected chi connectivity index (χ4v) is 3.60. The van der Waals surface area contributed by atoms with Gasteiger partial charge in [-0.2, -0.15) is 0 Å². The van der Waals surface area contributed by atoms with Crippen molar-refractivity contribution in [2.75, 3.05) is 24.5 Å². The van der Waals surface area contributed by atoms with Crippen LogP contribution in [0.2, 0.25) is 0 Å². The van der Waals surface area contributed by atoms with Gasteiger partial charge in [0.2, 0.25) is 0 Å². The Balaban J connectivity index is 1.91. The van der Waals surface area contributed by atoms with Crippen LogP contribution in [0.4, 0.5) is 5.69 Å². The van der Waals surface area contributed by atoms with Crippen molar-refractivity contribution < 1.29 is 14.8 Å². The predicted molar refractivity (Wildman–Crippen MR) is 83.5 cm³/mol. The van der Waals surface area contributed by atoms with Crippen LogP contribution in [0.3, 0.4) is 0 Å². The van der Waals surface area contributed by atoms with Gasteiger partial charge in [-0.05, 0) is 6.42 Å². The molecule has 2 aliphatic rings. The number of hydrogen-bond acceptors (Lipinski definition) is 3. The summed E-state index contributed by atoms with van der Waals surface area (Å²) in [5.74, 6) is 1.78. The average molecular weight is 283 g/mol. The van der Waals surface area contributed by atoms with Crippen LogP contribution in [0.1, 0.15) is 19.3 Å². The van der Waals surface area contributed by atoms with Crippen LogP contribution < -0.4 is 4.90 Å². The third kappa shape index (κ3) is 1.86. The predicted octanol–water partition coefficient (Wildman–Crippen LogP) is 2.67. The van der Waals surface area contributed by atoms with Crippen molar-refractivity contribution in [3.05, 3.63) is 30.3 Å². The number of benzene rings is 2. The van der Waals surface area contributed by atoms with E-state index in [0.717, 1.165) is 38.2 Å². The molecule has 2 heterocycles. The average Bonchev–Trinajstić information content (AvgIpc) is 2.99. The number of aromatic hydroxyl groups is 2. The van der Waals surface area contributed by atoms with Gasteiger partial charge in [-0.25, -0.2) is 4.90 Å². The topological polar surface area (TPSA) is 46.7 Å². The minimum atomic E-state index is 0.231. The molecule has 0 saturated heterocycles. The SMILES string of the molecule is Oc1cc(N2CCC[N+]3=C2CCC3)c(O)c2ccccc12. The van der Waals surface area contributed by atoms with Crippen molar-refractivity contribution >= 4 is 22.3 Å². The molecule has 2 aliphatic heterocycles. The largest absolute Gasteiger partial charge is 0.507 e. The Morgan fingerprint density at radius 3 is 2.62 bits per heavy atom. The Bertz CT molecular complexity index is 752. The van der Waals surface area contributed by atoms with E-state index in [4.69, 9.17) is 0 Å². The van der Waals surface area contributed by atoms with Gasteiger partial charge in [0.05, 0.1) is 26.1 Å². The summed E-state index contributed by atoms with van der Waals surface area (Å²) < 4.78 is 2.40. The van der Waals surface area contributed by atoms with E-state index in [1.165, 1.54) is 12.3 Å². The van der Waals surface area contributed by atoms with Crippen LogP contribution in [0, 0.1) is 0 Å². The van der Waals surface area contributed by atoms with E-state index in [1.807, 2.05) is 24.3 Å². The van der Waals surface area contributed by atoms with Crippen LogP contribution in [0.25, 0.3) is 10.8 Å². The monoisotopic (exact) mass is 283 g/mol. The summed E-state index contributed by atoms with van der Waals surface area (Å²) in [6, 6.07) is 9.15. The second-order valence-electron chi connectivity index (χ2n) is 5.82. The lowest BCUT2D eigenvalue weighted by molar-refractivity contribution is -0.523. The van der Waals surface area contributed by atoms with Crippen molar-refractivity contribution in [3.63, 3.8) is 0 Å². The minimum Gasteiger partial charge on any atom is -0.507 e. The van der Waals surface area contributed by atoms with Crippen LogP contribution in [0.5, 0.6) is 11.5 Å². The minimum absolute atomic E-state index is 0.231. The quantitative estimate of drug-likeness (QED) is 0.625. The first-order valence-electron chi connectivity index (χ1n) is 7.57. The highest BCUT2D eigenvalue weighted by Gasteiger charge is 2.34. The lowest BCUT2D eigenvalue weighted by Crippen LogP contribution is -2.41. The number of hydrogen-bond donors (Lipinski definition) is 2. The third-order valence-corrected chi connectivity index (χ3v) is 4.58. The molecule has 0 fully saturated rings. The summed E-state index contributed by atoms with van der Waals surface area (Å²) in [5.41, 5.74) is 0.729. The molecule has 0 unspecified atom stereocenters. The molecular formula is C17H19N2O2+. The van der Waals surface area contributed by atoms with Crippen LogP contribution in [-0.4, -0.2) is 40.3 Å². The van der Waals surface area contributed by atoms with Gasteiger partial charge in [-0.1, -0.05) is 24.3 Å². The molecule has 0 saturated carbocycles. The molecular weight excluding hydrogens is 264 g/mol. The van der Waals surface area contributed by atoms with Gasteiger partial charge in [0.15, 0.2) is 11.4 Å². The molecule has 0 bridgehead atoms. The summed E-state index contributed by atoms with van der Waals surface area (Å²) in [7, 11) is 0. The maximum Gasteiger partial charge on any atom is 0.252 e. The standard InChI is InChI=1S/C17H18N2O2/c20-15-11-14(17(21)13-6-2-1-5-12(13)15)19-10-4-9-18-8-3-7-16(18)19/h1-2,5-6,11H,3-4,7-10H2,(H-,20,21)/p+1. The van der Waals surface area contributed by atoms with Gasteiger partial charge in [0.1, 0.15) is 5.75 Å². The maximum atomic E-state index is 10.7. The van der Waals surface area contributed by atoms with E-state index in [0.29, 0.717) is 10.8 Å². The Hall–Kier alpha value is -2.23. The van der Waals surface area contributed by atoms with E-state index >= 15 is 0 Å². The van der Waals surface area contributed by atoms with Crippen molar-refractivity contribution in [1.82, 2.24) is 0 Å². The zero-order valence-electron chi connectivity index (χ0n) is 11.9. The fourth-order valence-electron chi connectivity index (χ4n) is 3.60. The van der Waals surface area contributed by atoms with E-state index in [1.54, 1.807) is 6.07 Å². The highest BCUT2D eigenvalue weighted by molar-refractivity contribution is 6.03. The van der Waals surface area contributed by atoms with Crippen molar-refractivity contribution in [1.29, 1.82) is 0 Å². The molecule has 0 radical (unpaired) electrons. The number of nitrogens with zero attached hydrogens (tertiary/aromatic N) is 2. The van der Waals surface area contributed by atoms with E-state index in [2.05, 4.69) is 9.48 Å². The summed E-state index contributed by atoms with van der Waals surface area (Å²) >= 11 is 0. The van der Waals surface area contributed by atoms with Crippen molar-refractivity contribution in [2.24, 2.45) is 0 Å². The number of fused-ring (bicyclic) bond motifs is 1. The molecule has 4 rings (SSSR count). The smallest absolute Gasteiger partial charge is 0.252 e. The van der Waals surface area contributed by atoms with Crippen LogP contribution >= 0.6 is 0 Å². The van der Waals surface area contributed by atoms with Crippen LogP contribution in [0.15, 0.2) is 30.3 Å². The lowest BCUT2D eigenvalue weighted by Gasteiger charge is -2.24. The first kappa shape index (κ1) is 12.5. The highest BCUT2D eigenvalue weighted by Crippen LogP contribution is 2.41. The van der Waals surface area contributed by atoms with Gasteiger partial charge in [0.25, 0.3) is 5.84 Å². The summed E-state index contributed by atoms with van der Waals surface area (Å²) in [4.78, 5) is 2.18. The summed E-state index contributed by atoms with van der Waals surface area (Å²) in [6.45, 7) is 3.11. The zero-order chi connectivity index (χ0) is 14.4. The summed E-state index contributed by atoms with van der Waals surface area (Å²) in [6.07, 6.45) is 3.30. The lowest BCUT2D eigenvalue weighted by atomic mass is 10.1. The Morgan fingerprint density at radius 1 is 1.00 bits per heavy atom. The van der Waals surface area contributed by atoms with Gasteiger partial charge < -0.3 is 10.2 Å². The van der Waals surface area contributed by atoms with Crippen molar-refractivity contribution in [2.45, 2.75) is 19.3 Å². The third-order valence-electron chi connectivity index (χ3n) is 4.58. The van der Waals surface area contributed by atoms with Crippen LogP contribution in [-0.2, 0) is 0 Å². The van der Waals surface area contributed by atoms with E-state index in [9.17, 15) is 10.2 Å². The first-order valence-corrected chi connectivity index (χ1v) is 7.57. The Kier molecular flexibility index (Phi) is 2.77. The van der Waals surface area contributed by atoms with E-state index in [-0.39, 0.29) is 11.5 Å². The fraction of sp³-hybridized carbons (Fsp3) is 0.353. The molecule has 2 aromatic carbocycles. The maximum absolute atomic E-state index is 10.7. The van der Waals surface area contributed by atoms with Gasteiger partial charge in [-0.3, -0.25) is 4.58 Å².